The van der Waals surface area contributed by atoms with Gasteiger partial charge < -0.3 is 44.2 Å². The van der Waals surface area contributed by atoms with E-state index < -0.39 is 46.6 Å². The van der Waals surface area contributed by atoms with Crippen molar-refractivity contribution in [1.29, 1.82) is 0 Å². The van der Waals surface area contributed by atoms with Crippen molar-refractivity contribution in [3.8, 4) is 28.7 Å². The van der Waals surface area contributed by atoms with Crippen molar-refractivity contribution in [1.82, 2.24) is 20.5 Å². The molecule has 2 saturated heterocycles. The number of carbonyl (C=O) groups excluding carboxylic acids is 2. The summed E-state index contributed by atoms with van der Waals surface area (Å²) in [5, 5.41) is 32.6. The summed E-state index contributed by atoms with van der Waals surface area (Å²) in [5.41, 5.74) is 4.25. The largest absolute Gasteiger partial charge is 0.504 e. The molecule has 14 heteroatoms. The van der Waals surface area contributed by atoms with Crippen LogP contribution in [-0.2, 0) is 32.7 Å². The predicted octanol–water partition coefficient (Wildman–Crippen LogP) is 3.84. The van der Waals surface area contributed by atoms with Gasteiger partial charge >= 0.3 is 11.9 Å². The number of aromatic amines is 1. The third-order valence-electron chi connectivity index (χ3n) is 12.1. The molecule has 0 amide bonds. The number of aryl methyl sites for hydroxylation is 1. The third kappa shape index (κ3) is 4.41. The Balaban J connectivity index is 1.24. The molecule has 0 aliphatic carbocycles. The van der Waals surface area contributed by atoms with Crippen molar-refractivity contribution in [3.63, 3.8) is 0 Å². The second-order valence-corrected chi connectivity index (χ2v) is 16.1. The zero-order valence-corrected chi connectivity index (χ0v) is 30.6. The van der Waals surface area contributed by atoms with Gasteiger partial charge in [-0.3, -0.25) is 15.0 Å². The van der Waals surface area contributed by atoms with Crippen molar-refractivity contribution < 1.29 is 43.5 Å². The number of piperazine rings is 1. The molecule has 8 aliphatic heterocycles. The Kier molecular flexibility index (Phi) is 7.20. The van der Waals surface area contributed by atoms with E-state index in [-0.39, 0.29) is 37.9 Å². The summed E-state index contributed by atoms with van der Waals surface area (Å²) in [6.45, 7) is 5.65. The molecule has 0 saturated carbocycles. The van der Waals surface area contributed by atoms with Crippen LogP contribution in [0.15, 0.2) is 30.3 Å². The molecule has 8 aliphatic rings. The van der Waals surface area contributed by atoms with Gasteiger partial charge in [0.1, 0.15) is 18.1 Å². The zero-order chi connectivity index (χ0) is 36.6. The number of para-hydroxylation sites is 1. The Hall–Kier alpha value is -4.47. The van der Waals surface area contributed by atoms with E-state index in [4.69, 9.17) is 23.7 Å². The van der Waals surface area contributed by atoms with Crippen LogP contribution in [0.3, 0.4) is 0 Å². The highest BCUT2D eigenvalue weighted by Gasteiger charge is 2.62. The highest BCUT2D eigenvalue weighted by Crippen LogP contribution is 2.64. The van der Waals surface area contributed by atoms with Crippen LogP contribution in [0.1, 0.15) is 68.9 Å². The highest BCUT2D eigenvalue weighted by atomic mass is 32.2. The lowest BCUT2D eigenvalue weighted by molar-refractivity contribution is -0.191. The van der Waals surface area contributed by atoms with Crippen LogP contribution >= 0.6 is 11.8 Å². The van der Waals surface area contributed by atoms with Gasteiger partial charge in [0.2, 0.25) is 6.79 Å². The van der Waals surface area contributed by atoms with Crippen LogP contribution in [0.4, 0.5) is 0 Å². The molecule has 4 bridgehead atoms. The van der Waals surface area contributed by atoms with Crippen LogP contribution in [0.5, 0.6) is 28.7 Å². The van der Waals surface area contributed by atoms with Gasteiger partial charge in [-0.05, 0) is 43.0 Å². The summed E-state index contributed by atoms with van der Waals surface area (Å²) < 4.78 is 30.5. The molecule has 276 valence electrons. The van der Waals surface area contributed by atoms with Crippen molar-refractivity contribution in [2.24, 2.45) is 0 Å². The van der Waals surface area contributed by atoms with Gasteiger partial charge in [-0.25, -0.2) is 4.79 Å². The van der Waals surface area contributed by atoms with Crippen molar-refractivity contribution >= 4 is 34.6 Å². The van der Waals surface area contributed by atoms with Gasteiger partial charge in [-0.2, -0.15) is 0 Å². The van der Waals surface area contributed by atoms with E-state index in [0.717, 1.165) is 45.3 Å². The molecule has 9 heterocycles. The fraction of sp³-hybridized carbons (Fsp3) is 0.436. The Morgan fingerprint density at radius 3 is 2.72 bits per heavy atom. The molecule has 53 heavy (non-hydrogen) atoms. The Labute approximate surface area is 309 Å². The molecule has 0 radical (unpaired) electrons. The summed E-state index contributed by atoms with van der Waals surface area (Å²) in [5.74, 6) is 1.01. The molecule has 5 N–H and O–H groups in total. The highest BCUT2D eigenvalue weighted by molar-refractivity contribution is 7.99. The van der Waals surface area contributed by atoms with Gasteiger partial charge in [-0.15, -0.1) is 11.8 Å². The lowest BCUT2D eigenvalue weighted by Gasteiger charge is -2.58. The maximum atomic E-state index is 14.8. The average Bonchev–Trinajstić information content (AvgIpc) is 3.72. The van der Waals surface area contributed by atoms with Gasteiger partial charge in [-0.1, -0.05) is 24.3 Å². The third-order valence-corrected chi connectivity index (χ3v) is 13.6. The number of thioether (sulfide) groups is 1. The lowest BCUT2D eigenvalue weighted by Crippen LogP contribution is -2.70. The predicted molar refractivity (Wildman–Crippen MR) is 194 cm³/mol. The number of esters is 2. The lowest BCUT2D eigenvalue weighted by atomic mass is 9.78. The number of nitrogens with zero attached hydrogens (tertiary/aromatic N) is 1. The average molecular weight is 741 g/mol. The molecule has 2 fully saturated rings. The summed E-state index contributed by atoms with van der Waals surface area (Å²) in [4.78, 5) is 33.3. The number of aliphatic hydroxyl groups is 1. The maximum Gasteiger partial charge on any atom is 0.333 e. The first kappa shape index (κ1) is 33.1. The molecule has 2 unspecified atom stereocenters. The number of rotatable bonds is 2. The minimum atomic E-state index is -1.49. The fourth-order valence-corrected chi connectivity index (χ4v) is 11.8. The summed E-state index contributed by atoms with van der Waals surface area (Å²) in [6, 6.07) is 8.23. The molecule has 13 nitrogen and oxygen atoms in total. The number of phenolic OH excluding ortho intramolecular Hbond substituents is 1. The second kappa shape index (κ2) is 11.5. The van der Waals surface area contributed by atoms with Crippen molar-refractivity contribution in [2.45, 2.75) is 68.3 Å². The van der Waals surface area contributed by atoms with Crippen LogP contribution in [-0.4, -0.2) is 83.2 Å². The van der Waals surface area contributed by atoms with Crippen LogP contribution in [0.25, 0.3) is 10.9 Å². The number of benzene rings is 3. The van der Waals surface area contributed by atoms with Crippen LogP contribution in [0.2, 0.25) is 0 Å². The number of H-pyrrole nitrogens is 1. The Morgan fingerprint density at radius 2 is 1.91 bits per heavy atom. The topological polar surface area (TPSA) is 164 Å². The monoisotopic (exact) mass is 740 g/mol. The molecule has 3 aromatic carbocycles. The first-order valence-electron chi connectivity index (χ1n) is 18.0. The number of aromatic nitrogens is 1. The van der Waals surface area contributed by atoms with E-state index in [9.17, 15) is 19.8 Å². The van der Waals surface area contributed by atoms with Gasteiger partial charge in [0, 0.05) is 71.4 Å². The zero-order valence-electron chi connectivity index (χ0n) is 29.8. The van der Waals surface area contributed by atoms with Gasteiger partial charge in [0.05, 0.1) is 30.1 Å². The van der Waals surface area contributed by atoms with E-state index in [2.05, 4.69) is 26.6 Å². The van der Waals surface area contributed by atoms with E-state index >= 15 is 0 Å². The number of phenols is 1. The first-order valence-corrected chi connectivity index (χ1v) is 19.0. The number of nitrogens with one attached hydrogen (secondary N) is 3. The van der Waals surface area contributed by atoms with E-state index in [1.165, 1.54) is 25.8 Å². The van der Waals surface area contributed by atoms with Crippen molar-refractivity contribution in [2.75, 3.05) is 39.4 Å². The van der Waals surface area contributed by atoms with Crippen molar-refractivity contribution in [3.05, 3.63) is 75.0 Å². The standard InChI is InChI=1S/C39H40N4O9S/c1-17-11-20-12-38(47)14-40-28(25(20)30(45)31(17)48-4)29-35-27-26(34-33(50-16-51-34)18(2)32(27)52-19(3)44)24(43(29)38)13-49-37(46)39(15-53-35)36-22(9-10-41-39)21-7-5-6-8-23(21)42-36/h5-8,11,24,28-29,35,40-42,45,47H,9-10,12-16H2,1-4H3/t24-,28-,29+,35+,38?,39+/m0/s1. The molecular formula is C39H40N4O9S. The molecule has 7 atom stereocenters. The first-order chi connectivity index (χ1) is 25.6. The Morgan fingerprint density at radius 1 is 1.09 bits per heavy atom. The minimum Gasteiger partial charge on any atom is -0.504 e. The van der Waals surface area contributed by atoms with E-state index in [1.807, 2.05) is 38.1 Å². The summed E-state index contributed by atoms with van der Waals surface area (Å²) >= 11 is 1.53. The Bertz CT molecular complexity index is 2280. The normalized spacial score (nSPS) is 30.6. The summed E-state index contributed by atoms with van der Waals surface area (Å²) in [7, 11) is 1.54. The van der Waals surface area contributed by atoms with E-state index in [0.29, 0.717) is 46.2 Å². The van der Waals surface area contributed by atoms with Crippen LogP contribution < -0.4 is 29.6 Å². The molecule has 12 rings (SSSR count). The number of hydrogen-bond donors (Lipinski definition) is 5. The number of aromatic hydroxyl groups is 1. The smallest absolute Gasteiger partial charge is 0.333 e. The van der Waals surface area contributed by atoms with Gasteiger partial charge in [0.25, 0.3) is 0 Å². The molecule has 1 spiro atoms. The minimum absolute atomic E-state index is 0.0194. The number of hydrogen-bond acceptors (Lipinski definition) is 13. The second-order valence-electron chi connectivity index (χ2n) is 15.0. The molecular weight excluding hydrogens is 701 g/mol. The SMILES string of the molecule is COc1c(C)cc2c(c1O)[C@@H]1NCC(O)(C2)N2[C@H]1[C@@H]1SC[C@]3(NCCc4c3[nH]c3ccccc43)C(=O)OC[C@H]2c2c3c(c(C)c(OC(C)=O)c21)OCO3. The fourth-order valence-electron chi connectivity index (χ4n) is 10.1. The van der Waals surface area contributed by atoms with Crippen LogP contribution in [0, 0.1) is 13.8 Å². The van der Waals surface area contributed by atoms with E-state index in [1.54, 1.807) is 0 Å². The maximum absolute atomic E-state index is 14.8. The molecule has 1 aromatic heterocycles. The number of fused-ring (bicyclic) bond motifs is 8. The van der Waals surface area contributed by atoms with Gasteiger partial charge in [0.15, 0.2) is 28.5 Å². The number of carbonyl (C=O) groups is 2. The summed E-state index contributed by atoms with van der Waals surface area (Å²) in [6.07, 6.45) is 0.921. The number of methoxy groups -OCH3 is 1. The molecule has 4 aromatic rings. The quantitative estimate of drug-likeness (QED) is 0.149. The number of ether oxygens (including phenoxy) is 5.